The van der Waals surface area contributed by atoms with Crippen molar-refractivity contribution in [2.45, 2.75) is 49.9 Å². The molecule has 6 nitrogen and oxygen atoms in total. The Balaban J connectivity index is 2.12. The predicted octanol–water partition coefficient (Wildman–Crippen LogP) is 3.29. The van der Waals surface area contributed by atoms with Crippen molar-refractivity contribution in [2.24, 2.45) is 4.40 Å². The summed E-state index contributed by atoms with van der Waals surface area (Å²) in [4.78, 5) is 0.977. The molecule has 11 heteroatoms. The number of benzene rings is 1. The molecule has 3 rings (SSSR count). The van der Waals surface area contributed by atoms with Gasteiger partial charge in [0.05, 0.1) is 36.5 Å². The molecule has 0 aliphatic carbocycles. The predicted molar refractivity (Wildman–Crippen MR) is 92.2 cm³/mol. The molecule has 0 amide bonds. The maximum atomic E-state index is 14.2. The Labute approximate surface area is 154 Å². The number of alkyl halides is 3. The number of hydrogen-bond acceptors (Lipinski definition) is 5. The number of fused-ring (bicyclic) bond motifs is 1. The monoisotopic (exact) mass is 409 g/mol. The second-order valence-electron chi connectivity index (χ2n) is 6.56. The van der Waals surface area contributed by atoms with E-state index in [0.29, 0.717) is 0 Å². The number of halogens is 4. The molecule has 0 spiro atoms. The SMILES string of the molecule is CCC1=NS(=O)(=O)c2cc(F)cc(N3CC(C)OCC3CC(F)(F)F)c2N1. The van der Waals surface area contributed by atoms with Crippen molar-refractivity contribution >= 4 is 27.2 Å². The van der Waals surface area contributed by atoms with E-state index >= 15 is 0 Å². The molecule has 0 aromatic heterocycles. The average molecular weight is 409 g/mol. The van der Waals surface area contributed by atoms with E-state index in [1.54, 1.807) is 13.8 Å². The maximum Gasteiger partial charge on any atom is 0.391 e. The van der Waals surface area contributed by atoms with Gasteiger partial charge >= 0.3 is 6.18 Å². The zero-order valence-electron chi connectivity index (χ0n) is 14.7. The van der Waals surface area contributed by atoms with E-state index in [1.807, 2.05) is 0 Å². The number of ether oxygens (including phenoxy) is 1. The van der Waals surface area contributed by atoms with Crippen LogP contribution >= 0.6 is 0 Å². The molecule has 2 atom stereocenters. The van der Waals surface area contributed by atoms with Crippen molar-refractivity contribution in [3.63, 3.8) is 0 Å². The summed E-state index contributed by atoms with van der Waals surface area (Å²) in [5, 5.41) is 2.83. The minimum absolute atomic E-state index is 0.0459. The Hall–Kier alpha value is -1.88. The Bertz CT molecular complexity index is 870. The molecule has 2 heterocycles. The van der Waals surface area contributed by atoms with Crippen molar-refractivity contribution in [1.82, 2.24) is 0 Å². The number of amidine groups is 1. The van der Waals surface area contributed by atoms with Gasteiger partial charge in [0.15, 0.2) is 0 Å². The standard InChI is InChI=1S/C16H19F4N3O3S/c1-3-14-21-15-12(4-10(17)5-13(15)27(24,25)22-14)23-7-9(2)26-8-11(23)6-16(18,19)20/h4-5,9,11H,3,6-8H2,1-2H3,(H,21,22). The Kier molecular flexibility index (Phi) is 5.10. The van der Waals surface area contributed by atoms with Gasteiger partial charge in [-0.15, -0.1) is 4.40 Å². The quantitative estimate of drug-likeness (QED) is 0.776. The minimum Gasteiger partial charge on any atom is -0.375 e. The molecule has 150 valence electrons. The molecule has 1 fully saturated rings. The van der Waals surface area contributed by atoms with Gasteiger partial charge in [0.2, 0.25) is 0 Å². The minimum atomic E-state index is -4.45. The molecule has 0 saturated carbocycles. The molecule has 27 heavy (non-hydrogen) atoms. The lowest BCUT2D eigenvalue weighted by atomic mass is 10.1. The third kappa shape index (κ3) is 4.18. The summed E-state index contributed by atoms with van der Waals surface area (Å²) in [5.74, 6) is -0.724. The topological polar surface area (TPSA) is 71.0 Å². The lowest BCUT2D eigenvalue weighted by molar-refractivity contribution is -0.145. The fourth-order valence-corrected chi connectivity index (χ4v) is 4.45. The first-order chi connectivity index (χ1) is 12.5. The molecule has 0 radical (unpaired) electrons. The third-order valence-corrected chi connectivity index (χ3v) is 5.74. The zero-order valence-corrected chi connectivity index (χ0v) is 15.5. The van der Waals surface area contributed by atoms with Crippen molar-refractivity contribution in [1.29, 1.82) is 0 Å². The van der Waals surface area contributed by atoms with Gasteiger partial charge in [-0.3, -0.25) is 0 Å². The van der Waals surface area contributed by atoms with E-state index in [9.17, 15) is 26.0 Å². The highest BCUT2D eigenvalue weighted by Crippen LogP contribution is 2.40. The van der Waals surface area contributed by atoms with Crippen LogP contribution in [0.1, 0.15) is 26.7 Å². The van der Waals surface area contributed by atoms with Crippen LogP contribution in [0.3, 0.4) is 0 Å². The number of sulfonamides is 1. The zero-order chi connectivity index (χ0) is 20.0. The van der Waals surface area contributed by atoms with Crippen LogP contribution in [0.25, 0.3) is 0 Å². The summed E-state index contributed by atoms with van der Waals surface area (Å²) in [6.45, 7) is 3.23. The lowest BCUT2D eigenvalue weighted by Gasteiger charge is -2.41. The van der Waals surface area contributed by atoms with Gasteiger partial charge in [-0.1, -0.05) is 6.92 Å². The summed E-state index contributed by atoms with van der Waals surface area (Å²) >= 11 is 0. The third-order valence-electron chi connectivity index (χ3n) is 4.40. The largest absolute Gasteiger partial charge is 0.391 e. The second kappa shape index (κ2) is 6.93. The highest BCUT2D eigenvalue weighted by atomic mass is 32.2. The van der Waals surface area contributed by atoms with Crippen LogP contribution in [0.2, 0.25) is 0 Å². The van der Waals surface area contributed by atoms with Gasteiger partial charge in [0.25, 0.3) is 10.0 Å². The summed E-state index contributed by atoms with van der Waals surface area (Å²) in [6.07, 6.45) is -5.74. The van der Waals surface area contributed by atoms with Crippen LogP contribution in [-0.4, -0.2) is 45.7 Å². The first-order valence-electron chi connectivity index (χ1n) is 8.39. The first-order valence-corrected chi connectivity index (χ1v) is 9.83. The summed E-state index contributed by atoms with van der Waals surface area (Å²) in [5.41, 5.74) is 0.100. The van der Waals surface area contributed by atoms with Gasteiger partial charge in [0, 0.05) is 13.0 Å². The normalized spacial score (nSPS) is 24.8. The molecule has 1 aromatic rings. The molecule has 1 N–H and O–H groups in total. The Morgan fingerprint density at radius 3 is 2.70 bits per heavy atom. The molecule has 0 bridgehead atoms. The van der Waals surface area contributed by atoms with E-state index in [2.05, 4.69) is 9.71 Å². The van der Waals surface area contributed by atoms with E-state index in [0.717, 1.165) is 12.1 Å². The fraction of sp³-hybridized carbons (Fsp3) is 0.562. The van der Waals surface area contributed by atoms with Crippen LogP contribution in [0, 0.1) is 5.82 Å². The molecular weight excluding hydrogens is 390 g/mol. The number of hydrogen-bond donors (Lipinski definition) is 1. The van der Waals surface area contributed by atoms with Crippen molar-refractivity contribution in [2.75, 3.05) is 23.4 Å². The van der Waals surface area contributed by atoms with Gasteiger partial charge in [-0.2, -0.15) is 21.6 Å². The van der Waals surface area contributed by atoms with E-state index in [-0.39, 0.29) is 41.7 Å². The smallest absolute Gasteiger partial charge is 0.375 e. The molecule has 1 saturated heterocycles. The van der Waals surface area contributed by atoms with Gasteiger partial charge in [-0.05, 0) is 19.1 Å². The molecule has 2 aliphatic heterocycles. The number of rotatable bonds is 3. The van der Waals surface area contributed by atoms with E-state index < -0.39 is 40.6 Å². The summed E-state index contributed by atoms with van der Waals surface area (Å²) in [6, 6.07) is 0.765. The Morgan fingerprint density at radius 1 is 1.37 bits per heavy atom. The van der Waals surface area contributed by atoms with Gasteiger partial charge < -0.3 is 15.0 Å². The van der Waals surface area contributed by atoms with Crippen LogP contribution < -0.4 is 10.2 Å². The summed E-state index contributed by atoms with van der Waals surface area (Å²) in [7, 11) is -4.15. The van der Waals surface area contributed by atoms with Crippen molar-refractivity contribution < 1.29 is 30.7 Å². The van der Waals surface area contributed by atoms with Crippen LogP contribution in [-0.2, 0) is 14.8 Å². The Morgan fingerprint density at radius 2 is 2.07 bits per heavy atom. The highest BCUT2D eigenvalue weighted by molar-refractivity contribution is 7.90. The van der Waals surface area contributed by atoms with Gasteiger partial charge in [0.1, 0.15) is 16.5 Å². The average Bonchev–Trinajstić information content (AvgIpc) is 2.55. The number of morpholine rings is 1. The van der Waals surface area contributed by atoms with Gasteiger partial charge in [-0.25, -0.2) is 4.39 Å². The van der Waals surface area contributed by atoms with E-state index in [4.69, 9.17) is 4.74 Å². The number of nitrogens with zero attached hydrogens (tertiary/aromatic N) is 2. The highest BCUT2D eigenvalue weighted by Gasteiger charge is 2.40. The maximum absolute atomic E-state index is 14.2. The molecular formula is C16H19F4N3O3S. The fourth-order valence-electron chi connectivity index (χ4n) is 3.21. The first kappa shape index (κ1) is 19.9. The number of nitrogens with one attached hydrogen (secondary N) is 1. The van der Waals surface area contributed by atoms with Crippen LogP contribution in [0.4, 0.5) is 28.9 Å². The number of anilines is 2. The van der Waals surface area contributed by atoms with Crippen LogP contribution in [0.5, 0.6) is 0 Å². The second-order valence-corrected chi connectivity index (χ2v) is 8.13. The molecule has 2 unspecified atom stereocenters. The van der Waals surface area contributed by atoms with Crippen molar-refractivity contribution in [3.8, 4) is 0 Å². The van der Waals surface area contributed by atoms with E-state index in [1.165, 1.54) is 4.90 Å². The lowest BCUT2D eigenvalue weighted by Crippen LogP contribution is -2.51. The summed E-state index contributed by atoms with van der Waals surface area (Å²) < 4.78 is 86.9. The van der Waals surface area contributed by atoms with Crippen molar-refractivity contribution in [3.05, 3.63) is 17.9 Å². The molecule has 2 aliphatic rings. The van der Waals surface area contributed by atoms with Crippen LogP contribution in [0.15, 0.2) is 21.4 Å². The molecule has 1 aromatic carbocycles.